The first-order valence-corrected chi connectivity index (χ1v) is 8.42. The highest BCUT2D eigenvalue weighted by atomic mass is 79.9. The highest BCUT2D eigenvalue weighted by Gasteiger charge is 2.17. The molecular weight excluding hydrogens is 343 g/mol. The quantitative estimate of drug-likeness (QED) is 0.813. The molecule has 2 nitrogen and oxygen atoms in total. The second-order valence-corrected chi connectivity index (χ2v) is 6.72. The summed E-state index contributed by atoms with van der Waals surface area (Å²) in [7, 11) is 0. The van der Waals surface area contributed by atoms with Gasteiger partial charge in [-0.25, -0.2) is 4.39 Å². The zero-order valence-corrected chi connectivity index (χ0v) is 14.1. The molecule has 1 heterocycles. The summed E-state index contributed by atoms with van der Waals surface area (Å²) in [5.74, 6) is -0.164. The summed E-state index contributed by atoms with van der Waals surface area (Å²) in [5, 5.41) is 0. The lowest BCUT2D eigenvalue weighted by Crippen LogP contribution is -2.45. The molecule has 1 saturated heterocycles. The van der Waals surface area contributed by atoms with E-state index in [9.17, 15) is 4.39 Å². The highest BCUT2D eigenvalue weighted by molar-refractivity contribution is 9.10. The number of nitrogens with zero attached hydrogens (tertiary/aromatic N) is 2. The van der Waals surface area contributed by atoms with Crippen LogP contribution < -0.4 is 0 Å². The molecule has 0 radical (unpaired) electrons. The van der Waals surface area contributed by atoms with Gasteiger partial charge in [-0.15, -0.1) is 0 Å². The molecule has 2 aromatic rings. The fourth-order valence-corrected chi connectivity index (χ4v) is 3.29. The van der Waals surface area contributed by atoms with Crippen molar-refractivity contribution in [2.24, 2.45) is 0 Å². The van der Waals surface area contributed by atoms with Gasteiger partial charge in [-0.1, -0.05) is 40.2 Å². The van der Waals surface area contributed by atoms with Crippen LogP contribution in [0.2, 0.25) is 0 Å². The average Bonchev–Trinajstić information content (AvgIpc) is 2.52. The standard InChI is InChI=1S/C18H20BrFN2/c19-17-3-1-2-16(12-17)14-22-10-8-21(9-11-22)13-15-4-6-18(20)7-5-15/h1-7,12H,8-11,13-14H2. The minimum Gasteiger partial charge on any atom is -0.297 e. The third-order valence-electron chi connectivity index (χ3n) is 4.08. The number of hydrogen-bond acceptors (Lipinski definition) is 2. The summed E-state index contributed by atoms with van der Waals surface area (Å²) in [6.07, 6.45) is 0. The maximum absolute atomic E-state index is 12.9. The molecule has 3 rings (SSSR count). The molecule has 1 aliphatic rings. The van der Waals surface area contributed by atoms with E-state index < -0.39 is 0 Å². The van der Waals surface area contributed by atoms with E-state index in [2.05, 4.69) is 50.0 Å². The molecule has 0 aromatic heterocycles. The maximum atomic E-state index is 12.9. The van der Waals surface area contributed by atoms with Gasteiger partial charge in [-0.3, -0.25) is 9.80 Å². The topological polar surface area (TPSA) is 6.48 Å². The fraction of sp³-hybridized carbons (Fsp3) is 0.333. The second kappa shape index (κ2) is 7.36. The van der Waals surface area contributed by atoms with Gasteiger partial charge in [0.1, 0.15) is 5.82 Å². The Morgan fingerprint density at radius 3 is 2.00 bits per heavy atom. The van der Waals surface area contributed by atoms with Gasteiger partial charge < -0.3 is 0 Å². The van der Waals surface area contributed by atoms with Crippen LogP contribution in [0.4, 0.5) is 4.39 Å². The Kier molecular flexibility index (Phi) is 5.24. The molecule has 22 heavy (non-hydrogen) atoms. The van der Waals surface area contributed by atoms with Gasteiger partial charge in [0.15, 0.2) is 0 Å². The molecule has 4 heteroatoms. The van der Waals surface area contributed by atoms with E-state index in [1.807, 2.05) is 12.1 Å². The van der Waals surface area contributed by atoms with Gasteiger partial charge in [-0.2, -0.15) is 0 Å². The molecule has 0 unspecified atom stereocenters. The molecule has 116 valence electrons. The van der Waals surface area contributed by atoms with Crippen molar-refractivity contribution in [1.29, 1.82) is 0 Å². The number of piperazine rings is 1. The van der Waals surface area contributed by atoms with Gasteiger partial charge in [0, 0.05) is 43.7 Å². The molecule has 0 atom stereocenters. The van der Waals surface area contributed by atoms with Crippen LogP contribution in [0.25, 0.3) is 0 Å². The van der Waals surface area contributed by atoms with Crippen molar-refractivity contribution >= 4 is 15.9 Å². The number of rotatable bonds is 4. The predicted octanol–water partition coefficient (Wildman–Crippen LogP) is 3.91. The molecule has 2 aromatic carbocycles. The van der Waals surface area contributed by atoms with Crippen molar-refractivity contribution in [1.82, 2.24) is 9.80 Å². The van der Waals surface area contributed by atoms with E-state index in [0.717, 1.165) is 43.7 Å². The lowest BCUT2D eigenvalue weighted by molar-refractivity contribution is 0.122. The fourth-order valence-electron chi connectivity index (χ4n) is 2.85. The summed E-state index contributed by atoms with van der Waals surface area (Å²) >= 11 is 3.53. The first-order chi connectivity index (χ1) is 10.7. The number of halogens is 2. The van der Waals surface area contributed by atoms with Crippen LogP contribution in [0.3, 0.4) is 0 Å². The van der Waals surface area contributed by atoms with Crippen molar-refractivity contribution in [2.45, 2.75) is 13.1 Å². The largest absolute Gasteiger partial charge is 0.297 e. The highest BCUT2D eigenvalue weighted by Crippen LogP contribution is 2.15. The Morgan fingerprint density at radius 1 is 0.818 bits per heavy atom. The molecule has 0 aliphatic carbocycles. The van der Waals surface area contributed by atoms with Crippen molar-refractivity contribution < 1.29 is 4.39 Å². The minimum atomic E-state index is -0.164. The number of benzene rings is 2. The van der Waals surface area contributed by atoms with E-state index >= 15 is 0 Å². The first-order valence-electron chi connectivity index (χ1n) is 7.63. The Balaban J connectivity index is 1.49. The van der Waals surface area contributed by atoms with Crippen molar-refractivity contribution in [3.05, 3.63) is 69.9 Å². The molecule has 0 spiro atoms. The summed E-state index contributed by atoms with van der Waals surface area (Å²) in [6, 6.07) is 15.3. The Labute approximate surface area is 139 Å². The van der Waals surface area contributed by atoms with E-state index in [0.29, 0.717) is 0 Å². The van der Waals surface area contributed by atoms with Crippen LogP contribution in [-0.4, -0.2) is 36.0 Å². The zero-order valence-electron chi connectivity index (χ0n) is 12.5. The predicted molar refractivity (Wildman–Crippen MR) is 91.1 cm³/mol. The zero-order chi connectivity index (χ0) is 15.4. The van der Waals surface area contributed by atoms with Gasteiger partial charge in [0.05, 0.1) is 0 Å². The first kappa shape index (κ1) is 15.7. The van der Waals surface area contributed by atoms with Gasteiger partial charge in [0.2, 0.25) is 0 Å². The Morgan fingerprint density at radius 2 is 1.41 bits per heavy atom. The smallest absolute Gasteiger partial charge is 0.123 e. The van der Waals surface area contributed by atoms with Crippen LogP contribution in [0, 0.1) is 5.82 Å². The van der Waals surface area contributed by atoms with Crippen LogP contribution in [0.15, 0.2) is 53.0 Å². The Bertz CT molecular complexity index is 607. The lowest BCUT2D eigenvalue weighted by atomic mass is 10.1. The normalized spacial score (nSPS) is 16.8. The van der Waals surface area contributed by atoms with E-state index in [1.54, 1.807) is 12.1 Å². The average molecular weight is 363 g/mol. The molecular formula is C18H20BrFN2. The molecule has 0 N–H and O–H groups in total. The van der Waals surface area contributed by atoms with E-state index in [-0.39, 0.29) is 5.82 Å². The molecule has 0 amide bonds. The van der Waals surface area contributed by atoms with Crippen molar-refractivity contribution in [3.8, 4) is 0 Å². The summed E-state index contributed by atoms with van der Waals surface area (Å²) in [5.41, 5.74) is 2.53. The SMILES string of the molecule is Fc1ccc(CN2CCN(Cc3cccc(Br)c3)CC2)cc1. The van der Waals surface area contributed by atoms with Crippen LogP contribution >= 0.6 is 15.9 Å². The minimum absolute atomic E-state index is 0.164. The van der Waals surface area contributed by atoms with E-state index in [1.165, 1.54) is 11.1 Å². The van der Waals surface area contributed by atoms with Crippen molar-refractivity contribution in [2.75, 3.05) is 26.2 Å². The monoisotopic (exact) mass is 362 g/mol. The van der Waals surface area contributed by atoms with Gasteiger partial charge >= 0.3 is 0 Å². The van der Waals surface area contributed by atoms with Crippen LogP contribution in [-0.2, 0) is 13.1 Å². The van der Waals surface area contributed by atoms with Crippen molar-refractivity contribution in [3.63, 3.8) is 0 Å². The van der Waals surface area contributed by atoms with Gasteiger partial charge in [0.25, 0.3) is 0 Å². The van der Waals surface area contributed by atoms with Crippen LogP contribution in [0.5, 0.6) is 0 Å². The lowest BCUT2D eigenvalue weighted by Gasteiger charge is -2.34. The Hall–Kier alpha value is -1.23. The summed E-state index contributed by atoms with van der Waals surface area (Å²) in [4.78, 5) is 4.92. The van der Waals surface area contributed by atoms with E-state index in [4.69, 9.17) is 0 Å². The summed E-state index contributed by atoms with van der Waals surface area (Å²) in [6.45, 7) is 6.19. The summed E-state index contributed by atoms with van der Waals surface area (Å²) < 4.78 is 14.1. The second-order valence-electron chi connectivity index (χ2n) is 5.81. The van der Waals surface area contributed by atoms with Crippen LogP contribution in [0.1, 0.15) is 11.1 Å². The third kappa shape index (κ3) is 4.38. The van der Waals surface area contributed by atoms with Gasteiger partial charge in [-0.05, 0) is 35.4 Å². The molecule has 1 aliphatic heterocycles. The number of hydrogen-bond donors (Lipinski definition) is 0. The maximum Gasteiger partial charge on any atom is 0.123 e. The molecule has 1 fully saturated rings. The molecule has 0 saturated carbocycles. The molecule has 0 bridgehead atoms. The third-order valence-corrected chi connectivity index (χ3v) is 4.57.